The van der Waals surface area contributed by atoms with Gasteiger partial charge < -0.3 is 4.90 Å². The molecular formula is C17H24N2O. The first-order valence-corrected chi connectivity index (χ1v) is 7.83. The highest BCUT2D eigenvalue weighted by Gasteiger charge is 2.36. The predicted molar refractivity (Wildman–Crippen MR) is 80.6 cm³/mol. The smallest absolute Gasteiger partial charge is 0.229 e. The molecule has 0 saturated carbocycles. The van der Waals surface area contributed by atoms with Gasteiger partial charge in [-0.2, -0.15) is 0 Å². The van der Waals surface area contributed by atoms with Crippen LogP contribution in [0.25, 0.3) is 0 Å². The zero-order valence-electron chi connectivity index (χ0n) is 12.3. The number of piperidine rings is 1. The fourth-order valence-electron chi connectivity index (χ4n) is 3.31. The Morgan fingerprint density at radius 2 is 1.75 bits per heavy atom. The fraction of sp³-hybridized carbons (Fsp3) is 0.588. The summed E-state index contributed by atoms with van der Waals surface area (Å²) in [6, 6.07) is 10.7. The lowest BCUT2D eigenvalue weighted by Gasteiger charge is -2.47. The van der Waals surface area contributed by atoms with Crippen LogP contribution in [0.4, 0.5) is 0 Å². The molecule has 2 fully saturated rings. The van der Waals surface area contributed by atoms with E-state index in [-0.39, 0.29) is 11.8 Å². The minimum absolute atomic E-state index is 0.0153. The first-order valence-electron chi connectivity index (χ1n) is 7.83. The summed E-state index contributed by atoms with van der Waals surface area (Å²) in [4.78, 5) is 17.1. The maximum absolute atomic E-state index is 12.5. The molecule has 0 radical (unpaired) electrons. The average Bonchev–Trinajstić information content (AvgIpc) is 2.47. The number of amides is 1. The zero-order chi connectivity index (χ0) is 13.9. The molecule has 0 aromatic heterocycles. The number of carbonyl (C=O) groups excluding carboxylic acids is 1. The van der Waals surface area contributed by atoms with Crippen molar-refractivity contribution in [2.24, 2.45) is 0 Å². The Bertz CT molecular complexity index is 447. The van der Waals surface area contributed by atoms with Crippen LogP contribution in [0.3, 0.4) is 0 Å². The van der Waals surface area contributed by atoms with E-state index in [4.69, 9.17) is 0 Å². The van der Waals surface area contributed by atoms with Gasteiger partial charge in [0.05, 0.1) is 5.92 Å². The largest absolute Gasteiger partial charge is 0.339 e. The summed E-state index contributed by atoms with van der Waals surface area (Å²) >= 11 is 0. The molecule has 2 heterocycles. The molecule has 1 aromatic carbocycles. The summed E-state index contributed by atoms with van der Waals surface area (Å²) in [6.45, 7) is 6.32. The summed E-state index contributed by atoms with van der Waals surface area (Å²) in [7, 11) is 0. The van der Waals surface area contributed by atoms with E-state index >= 15 is 0 Å². The second kappa shape index (κ2) is 5.96. The Labute approximate surface area is 121 Å². The third-order valence-electron chi connectivity index (χ3n) is 4.75. The molecule has 0 aliphatic carbocycles. The highest BCUT2D eigenvalue weighted by atomic mass is 16.2. The van der Waals surface area contributed by atoms with E-state index < -0.39 is 0 Å². The van der Waals surface area contributed by atoms with Gasteiger partial charge in [-0.1, -0.05) is 36.8 Å². The molecule has 2 aliphatic rings. The molecule has 1 atom stereocenters. The molecule has 0 N–H and O–H groups in total. The number of rotatable bonds is 3. The second-order valence-corrected chi connectivity index (χ2v) is 6.13. The number of nitrogens with zero attached hydrogens (tertiary/aromatic N) is 2. The summed E-state index contributed by atoms with van der Waals surface area (Å²) in [5, 5.41) is 0. The quantitative estimate of drug-likeness (QED) is 0.844. The summed E-state index contributed by atoms with van der Waals surface area (Å²) < 4.78 is 0. The predicted octanol–water partition coefficient (Wildman–Crippen LogP) is 2.49. The lowest BCUT2D eigenvalue weighted by Crippen LogP contribution is -2.62. The number of benzene rings is 1. The van der Waals surface area contributed by atoms with Crippen molar-refractivity contribution in [1.82, 2.24) is 9.80 Å². The maximum atomic E-state index is 12.5. The van der Waals surface area contributed by atoms with Gasteiger partial charge >= 0.3 is 0 Å². The monoisotopic (exact) mass is 272 g/mol. The third-order valence-corrected chi connectivity index (χ3v) is 4.75. The Balaban J connectivity index is 1.53. The van der Waals surface area contributed by atoms with E-state index in [2.05, 4.69) is 4.90 Å². The molecule has 3 heteroatoms. The minimum Gasteiger partial charge on any atom is -0.339 e. The van der Waals surface area contributed by atoms with Gasteiger partial charge in [-0.05, 0) is 38.4 Å². The minimum atomic E-state index is -0.0153. The van der Waals surface area contributed by atoms with E-state index in [1.165, 1.54) is 32.4 Å². The van der Waals surface area contributed by atoms with E-state index in [0.29, 0.717) is 6.04 Å². The van der Waals surface area contributed by atoms with Gasteiger partial charge in [-0.3, -0.25) is 9.69 Å². The molecule has 0 bridgehead atoms. The first-order chi connectivity index (χ1) is 9.75. The summed E-state index contributed by atoms with van der Waals surface area (Å²) in [5.74, 6) is 0.267. The van der Waals surface area contributed by atoms with Crippen molar-refractivity contribution in [3.63, 3.8) is 0 Å². The van der Waals surface area contributed by atoms with Crippen LogP contribution in [0, 0.1) is 0 Å². The summed E-state index contributed by atoms with van der Waals surface area (Å²) in [5.41, 5.74) is 1.12. The molecule has 2 saturated heterocycles. The third kappa shape index (κ3) is 2.73. The lowest BCUT2D eigenvalue weighted by molar-refractivity contribution is -0.140. The van der Waals surface area contributed by atoms with Crippen molar-refractivity contribution in [3.05, 3.63) is 35.9 Å². The molecule has 108 valence electrons. The van der Waals surface area contributed by atoms with Gasteiger partial charge in [0.2, 0.25) is 5.91 Å². The fourth-order valence-corrected chi connectivity index (χ4v) is 3.31. The van der Waals surface area contributed by atoms with Crippen molar-refractivity contribution in [1.29, 1.82) is 0 Å². The molecule has 0 spiro atoms. The SMILES string of the molecule is C[C@@H](C(=O)N1CC(N2CCCCC2)C1)c1ccccc1. The van der Waals surface area contributed by atoms with Gasteiger partial charge in [0.1, 0.15) is 0 Å². The molecule has 1 amide bonds. The van der Waals surface area contributed by atoms with Crippen molar-refractivity contribution in [2.45, 2.75) is 38.1 Å². The maximum Gasteiger partial charge on any atom is 0.229 e. The van der Waals surface area contributed by atoms with Crippen LogP contribution in [0.5, 0.6) is 0 Å². The van der Waals surface area contributed by atoms with Crippen LogP contribution in [0.2, 0.25) is 0 Å². The van der Waals surface area contributed by atoms with Gasteiger partial charge in [-0.25, -0.2) is 0 Å². The van der Waals surface area contributed by atoms with Crippen molar-refractivity contribution < 1.29 is 4.79 Å². The van der Waals surface area contributed by atoms with Crippen LogP contribution < -0.4 is 0 Å². The van der Waals surface area contributed by atoms with Crippen LogP contribution in [0.15, 0.2) is 30.3 Å². The number of hydrogen-bond acceptors (Lipinski definition) is 2. The first kappa shape index (κ1) is 13.6. The Hall–Kier alpha value is -1.35. The van der Waals surface area contributed by atoms with E-state index in [1.54, 1.807) is 0 Å². The average molecular weight is 272 g/mol. The highest BCUT2D eigenvalue weighted by molar-refractivity contribution is 5.84. The van der Waals surface area contributed by atoms with E-state index in [0.717, 1.165) is 18.7 Å². The molecule has 1 aromatic rings. The molecule has 2 aliphatic heterocycles. The van der Waals surface area contributed by atoms with Crippen LogP contribution >= 0.6 is 0 Å². The molecule has 3 nitrogen and oxygen atoms in total. The van der Waals surface area contributed by atoms with Gasteiger partial charge in [0, 0.05) is 19.1 Å². The zero-order valence-corrected chi connectivity index (χ0v) is 12.3. The topological polar surface area (TPSA) is 23.6 Å². The van der Waals surface area contributed by atoms with Crippen molar-refractivity contribution in [2.75, 3.05) is 26.2 Å². The van der Waals surface area contributed by atoms with Crippen molar-refractivity contribution in [3.8, 4) is 0 Å². The normalized spacial score (nSPS) is 22.4. The molecule has 20 heavy (non-hydrogen) atoms. The standard InChI is InChI=1S/C17H24N2O/c1-14(15-8-4-2-5-9-15)17(20)19-12-16(13-19)18-10-6-3-7-11-18/h2,4-5,8-9,14,16H,3,6-7,10-13H2,1H3/t14-/m1/s1. The van der Waals surface area contributed by atoms with Crippen LogP contribution in [0.1, 0.15) is 37.7 Å². The van der Waals surface area contributed by atoms with Gasteiger partial charge in [-0.15, -0.1) is 0 Å². The summed E-state index contributed by atoms with van der Waals surface area (Å²) in [6.07, 6.45) is 4.02. The Morgan fingerprint density at radius 1 is 1.10 bits per heavy atom. The van der Waals surface area contributed by atoms with E-state index in [9.17, 15) is 4.79 Å². The number of hydrogen-bond donors (Lipinski definition) is 0. The van der Waals surface area contributed by atoms with Gasteiger partial charge in [0.25, 0.3) is 0 Å². The Kier molecular flexibility index (Phi) is 4.06. The Morgan fingerprint density at radius 3 is 2.40 bits per heavy atom. The lowest BCUT2D eigenvalue weighted by atomic mass is 9.96. The van der Waals surface area contributed by atoms with Crippen LogP contribution in [-0.4, -0.2) is 47.9 Å². The molecular weight excluding hydrogens is 248 g/mol. The molecule has 3 rings (SSSR count). The second-order valence-electron chi connectivity index (χ2n) is 6.13. The number of carbonyl (C=O) groups is 1. The van der Waals surface area contributed by atoms with Crippen LogP contribution in [-0.2, 0) is 4.79 Å². The highest BCUT2D eigenvalue weighted by Crippen LogP contribution is 2.24. The van der Waals surface area contributed by atoms with E-state index in [1.807, 2.05) is 42.2 Å². The van der Waals surface area contributed by atoms with Gasteiger partial charge in [0.15, 0.2) is 0 Å². The molecule has 0 unspecified atom stereocenters. The number of likely N-dealkylation sites (tertiary alicyclic amines) is 2. The van der Waals surface area contributed by atoms with Crippen molar-refractivity contribution >= 4 is 5.91 Å².